The third kappa shape index (κ3) is 6.48. The summed E-state index contributed by atoms with van der Waals surface area (Å²) >= 11 is 4.58. The highest BCUT2D eigenvalue weighted by Crippen LogP contribution is 2.34. The summed E-state index contributed by atoms with van der Waals surface area (Å²) in [7, 11) is 0. The molecule has 0 saturated heterocycles. The monoisotopic (exact) mass is 749 g/mol. The molecule has 0 amide bonds. The van der Waals surface area contributed by atoms with Crippen molar-refractivity contribution in [3.8, 4) is 22.9 Å². The van der Waals surface area contributed by atoms with Gasteiger partial charge in [-0.1, -0.05) is 32.9 Å². The first-order valence-electron chi connectivity index (χ1n) is 13.1. The molecule has 0 aliphatic heterocycles. The normalized spacial score (nSPS) is 12.4. The average Bonchev–Trinajstić information content (AvgIpc) is 2.90. The van der Waals surface area contributed by atoms with E-state index in [0.717, 1.165) is 47.3 Å². The molecule has 39 heavy (non-hydrogen) atoms. The third-order valence-electron chi connectivity index (χ3n) is 6.51. The van der Waals surface area contributed by atoms with Gasteiger partial charge in [-0.15, -0.1) is 0 Å². The van der Waals surface area contributed by atoms with Crippen LogP contribution < -0.4 is 15.0 Å². The summed E-state index contributed by atoms with van der Waals surface area (Å²) in [4.78, 5) is 18.7. The molecule has 0 fully saturated rings. The molecule has 6 nitrogen and oxygen atoms in total. The Labute approximate surface area is 257 Å². The summed E-state index contributed by atoms with van der Waals surface area (Å²) in [5.74, 6) is 2.46. The molecular formula is C31H33I2N3O3. The number of halogens is 2. The van der Waals surface area contributed by atoms with Gasteiger partial charge < -0.3 is 9.47 Å². The second kappa shape index (κ2) is 12.8. The first kappa shape index (κ1) is 29.5. The topological polar surface area (TPSA) is 65.7 Å². The Hall–Kier alpha value is -2.47. The van der Waals surface area contributed by atoms with Crippen molar-refractivity contribution in [1.82, 2.24) is 9.66 Å². The van der Waals surface area contributed by atoms with Crippen molar-refractivity contribution in [1.29, 1.82) is 0 Å². The first-order valence-corrected chi connectivity index (χ1v) is 15.3. The highest BCUT2D eigenvalue weighted by Gasteiger charge is 2.19. The first-order chi connectivity index (χ1) is 18.6. The van der Waals surface area contributed by atoms with E-state index in [1.165, 1.54) is 4.68 Å². The molecule has 0 saturated carbocycles. The second-order valence-corrected chi connectivity index (χ2v) is 12.1. The lowest BCUT2D eigenvalue weighted by atomic mass is 9.96. The number of hydrogen-bond acceptors (Lipinski definition) is 5. The maximum atomic E-state index is 13.7. The number of nitrogens with zero attached hydrogens (tertiary/aromatic N) is 3. The lowest BCUT2D eigenvalue weighted by molar-refractivity contribution is 0.214. The Bertz CT molecular complexity index is 1570. The molecule has 1 aromatic heterocycles. The van der Waals surface area contributed by atoms with E-state index >= 15 is 0 Å². The molecule has 8 heteroatoms. The SMILES string of the molecule is CCOc1cc(C)c(-c2nc3ccccc3c(=O)n2N=Cc2cc(I)c(O[C@H](C)CC)c(I)c2)cc1C(C)C. The molecule has 0 unspecified atom stereocenters. The molecule has 204 valence electrons. The minimum absolute atomic E-state index is 0.129. The largest absolute Gasteiger partial charge is 0.494 e. The van der Waals surface area contributed by atoms with Crippen molar-refractivity contribution in [2.75, 3.05) is 6.61 Å². The van der Waals surface area contributed by atoms with Gasteiger partial charge in [-0.05, 0) is 131 Å². The molecule has 1 heterocycles. The summed E-state index contributed by atoms with van der Waals surface area (Å²) in [6.07, 6.45) is 2.77. The highest BCUT2D eigenvalue weighted by atomic mass is 127. The predicted octanol–water partition coefficient (Wildman–Crippen LogP) is 8.16. The van der Waals surface area contributed by atoms with Gasteiger partial charge in [-0.3, -0.25) is 4.79 Å². The number of benzene rings is 3. The fourth-order valence-corrected chi connectivity index (χ4v) is 6.32. The summed E-state index contributed by atoms with van der Waals surface area (Å²) in [6, 6.07) is 15.5. The van der Waals surface area contributed by atoms with Gasteiger partial charge in [-0.2, -0.15) is 9.78 Å². The third-order valence-corrected chi connectivity index (χ3v) is 8.11. The Balaban J connectivity index is 1.89. The number of aromatic nitrogens is 2. The number of fused-ring (bicyclic) bond motifs is 1. The van der Waals surface area contributed by atoms with Crippen LogP contribution in [0.5, 0.6) is 11.5 Å². The summed E-state index contributed by atoms with van der Waals surface area (Å²) in [6.45, 7) is 13.0. The van der Waals surface area contributed by atoms with Crippen molar-refractivity contribution >= 4 is 62.3 Å². The van der Waals surface area contributed by atoms with Crippen LogP contribution in [0.1, 0.15) is 63.6 Å². The predicted molar refractivity (Wildman–Crippen MR) is 177 cm³/mol. The van der Waals surface area contributed by atoms with E-state index in [-0.39, 0.29) is 17.6 Å². The van der Waals surface area contributed by atoms with Gasteiger partial charge in [0.05, 0.1) is 37.0 Å². The number of ether oxygens (including phenoxy) is 2. The molecular weight excluding hydrogens is 716 g/mol. The molecule has 0 radical (unpaired) electrons. The summed E-state index contributed by atoms with van der Waals surface area (Å²) < 4.78 is 15.5. The van der Waals surface area contributed by atoms with Crippen LogP contribution in [-0.2, 0) is 0 Å². The number of para-hydroxylation sites is 1. The summed E-state index contributed by atoms with van der Waals surface area (Å²) in [5.41, 5.74) is 4.17. The molecule has 0 N–H and O–H groups in total. The Morgan fingerprint density at radius 2 is 1.74 bits per heavy atom. The zero-order valence-corrected chi connectivity index (χ0v) is 27.4. The van der Waals surface area contributed by atoms with Gasteiger partial charge in [0.25, 0.3) is 5.56 Å². The quantitative estimate of drug-likeness (QED) is 0.128. The maximum absolute atomic E-state index is 13.7. The van der Waals surface area contributed by atoms with Gasteiger partial charge in [-0.25, -0.2) is 4.98 Å². The highest BCUT2D eigenvalue weighted by molar-refractivity contribution is 14.1. The van der Waals surface area contributed by atoms with Gasteiger partial charge in [0.2, 0.25) is 0 Å². The van der Waals surface area contributed by atoms with Gasteiger partial charge in [0, 0.05) is 5.56 Å². The number of rotatable bonds is 9. The molecule has 0 aliphatic rings. The van der Waals surface area contributed by atoms with Gasteiger partial charge in [0.1, 0.15) is 11.5 Å². The zero-order chi connectivity index (χ0) is 28.3. The van der Waals surface area contributed by atoms with Crippen LogP contribution >= 0.6 is 45.2 Å². The lowest BCUT2D eigenvalue weighted by Gasteiger charge is -2.18. The maximum Gasteiger partial charge on any atom is 0.282 e. The van der Waals surface area contributed by atoms with Crippen molar-refractivity contribution in [3.05, 3.63) is 82.7 Å². The van der Waals surface area contributed by atoms with Crippen LogP contribution in [0.15, 0.2) is 58.4 Å². The average molecular weight is 749 g/mol. The Kier molecular flexibility index (Phi) is 9.69. The lowest BCUT2D eigenvalue weighted by Crippen LogP contribution is -2.21. The van der Waals surface area contributed by atoms with E-state index < -0.39 is 0 Å². The Morgan fingerprint density at radius 1 is 1.05 bits per heavy atom. The molecule has 3 aromatic carbocycles. The smallest absolute Gasteiger partial charge is 0.282 e. The zero-order valence-electron chi connectivity index (χ0n) is 23.1. The fraction of sp³-hybridized carbons (Fsp3) is 0.323. The molecule has 1 atom stereocenters. The molecule has 0 aliphatic carbocycles. The molecule has 0 bridgehead atoms. The Morgan fingerprint density at radius 3 is 2.38 bits per heavy atom. The molecule has 0 spiro atoms. The number of aryl methyl sites for hydroxylation is 1. The van der Waals surface area contributed by atoms with Crippen LogP contribution in [0.4, 0.5) is 0 Å². The van der Waals surface area contributed by atoms with Crippen LogP contribution in [-0.4, -0.2) is 28.6 Å². The van der Waals surface area contributed by atoms with Gasteiger partial charge in [0.15, 0.2) is 5.82 Å². The van der Waals surface area contributed by atoms with E-state index in [4.69, 9.17) is 19.6 Å². The van der Waals surface area contributed by atoms with E-state index in [2.05, 4.69) is 78.9 Å². The minimum Gasteiger partial charge on any atom is -0.494 e. The van der Waals surface area contributed by atoms with Crippen LogP contribution in [0.3, 0.4) is 0 Å². The van der Waals surface area contributed by atoms with E-state index in [9.17, 15) is 4.79 Å². The summed E-state index contributed by atoms with van der Waals surface area (Å²) in [5, 5.41) is 5.22. The standard InChI is InChI=1S/C31H33I2N3O3/c1-7-20(6)39-29-25(32)14-21(15-26(29)33)17-34-36-30(35-27-12-10-9-11-22(27)31(36)37)24-16-23(18(3)4)28(38-8-2)13-19(24)5/h9-18,20H,7-8H2,1-6H3/t20-/m1/s1. The van der Waals surface area contributed by atoms with E-state index in [0.29, 0.717) is 23.3 Å². The number of hydrogen-bond donors (Lipinski definition) is 0. The van der Waals surface area contributed by atoms with Crippen molar-refractivity contribution in [3.63, 3.8) is 0 Å². The second-order valence-electron chi connectivity index (χ2n) is 9.76. The van der Waals surface area contributed by atoms with Crippen LogP contribution in [0.2, 0.25) is 0 Å². The van der Waals surface area contributed by atoms with E-state index in [1.807, 2.05) is 50.2 Å². The van der Waals surface area contributed by atoms with Crippen molar-refractivity contribution in [2.45, 2.75) is 60.0 Å². The molecule has 4 aromatic rings. The van der Waals surface area contributed by atoms with Crippen LogP contribution in [0, 0.1) is 14.1 Å². The van der Waals surface area contributed by atoms with E-state index in [1.54, 1.807) is 12.3 Å². The molecule has 4 rings (SSSR count). The van der Waals surface area contributed by atoms with Crippen molar-refractivity contribution < 1.29 is 9.47 Å². The van der Waals surface area contributed by atoms with Gasteiger partial charge >= 0.3 is 0 Å². The van der Waals surface area contributed by atoms with Crippen LogP contribution in [0.25, 0.3) is 22.3 Å². The van der Waals surface area contributed by atoms with Crippen molar-refractivity contribution in [2.24, 2.45) is 5.10 Å². The fourth-order valence-electron chi connectivity index (χ4n) is 4.25. The minimum atomic E-state index is -0.215.